The van der Waals surface area contributed by atoms with Gasteiger partial charge in [0.2, 0.25) is 10.0 Å². The van der Waals surface area contributed by atoms with Crippen LogP contribution >= 0.6 is 0 Å². The van der Waals surface area contributed by atoms with Crippen LogP contribution in [-0.2, 0) is 10.0 Å². The lowest BCUT2D eigenvalue weighted by atomic mass is 10.1. The molecule has 1 aromatic rings. The number of halogens is 1. The maximum Gasteiger partial charge on any atom is 0.292 e. The fourth-order valence-corrected chi connectivity index (χ4v) is 4.05. The van der Waals surface area contributed by atoms with E-state index in [1.807, 2.05) is 0 Å². The number of nitrogens with one attached hydrogen (secondary N) is 1. The van der Waals surface area contributed by atoms with Gasteiger partial charge in [-0.15, -0.1) is 0 Å². The van der Waals surface area contributed by atoms with Crippen LogP contribution < -0.4 is 5.32 Å². The van der Waals surface area contributed by atoms with Crippen LogP contribution in [-0.4, -0.2) is 43.8 Å². The number of piperidine rings is 1. The summed E-state index contributed by atoms with van der Waals surface area (Å²) in [5.74, 6) is -0.840. The predicted octanol–water partition coefficient (Wildman–Crippen LogP) is 1.11. The Kier molecular flexibility index (Phi) is 4.55. The molecule has 1 unspecified atom stereocenters. The second-order valence-corrected chi connectivity index (χ2v) is 6.77. The van der Waals surface area contributed by atoms with Crippen LogP contribution in [0.2, 0.25) is 0 Å². The van der Waals surface area contributed by atoms with Gasteiger partial charge in [0.15, 0.2) is 4.90 Å². The number of hydrogen-bond donors (Lipinski definition) is 1. The Balaban J connectivity index is 2.42. The first-order chi connectivity index (χ1) is 9.86. The number of nitro groups is 1. The molecule has 0 spiro atoms. The molecule has 1 aliphatic heterocycles. The monoisotopic (exact) mass is 317 g/mol. The van der Waals surface area contributed by atoms with Gasteiger partial charge in [-0.05, 0) is 32.0 Å². The zero-order valence-corrected chi connectivity index (χ0v) is 12.3. The molecule has 0 amide bonds. The molecule has 0 aromatic heterocycles. The zero-order chi connectivity index (χ0) is 15.6. The molecule has 116 valence electrons. The molecule has 1 fully saturated rings. The first-order valence-electron chi connectivity index (χ1n) is 6.47. The second kappa shape index (κ2) is 6.04. The Labute approximate surface area is 122 Å². The average Bonchev–Trinajstić information content (AvgIpc) is 2.46. The van der Waals surface area contributed by atoms with E-state index in [9.17, 15) is 22.9 Å². The molecule has 1 aliphatic rings. The van der Waals surface area contributed by atoms with Crippen molar-refractivity contribution < 1.29 is 17.7 Å². The lowest BCUT2D eigenvalue weighted by Gasteiger charge is -2.31. The SMILES string of the molecule is CNC1CCCN(S(=O)(=O)c2ccc(F)cc2[N+](=O)[O-])C1. The van der Waals surface area contributed by atoms with Crippen molar-refractivity contribution in [1.29, 1.82) is 0 Å². The van der Waals surface area contributed by atoms with Crippen molar-refractivity contribution in [2.24, 2.45) is 0 Å². The molecular formula is C12H16FN3O4S. The smallest absolute Gasteiger partial charge is 0.292 e. The third kappa shape index (κ3) is 3.20. The summed E-state index contributed by atoms with van der Waals surface area (Å²) in [5, 5.41) is 14.0. The van der Waals surface area contributed by atoms with Crippen LogP contribution in [0.15, 0.2) is 23.1 Å². The van der Waals surface area contributed by atoms with Crippen molar-refractivity contribution in [3.8, 4) is 0 Å². The number of benzene rings is 1. The van der Waals surface area contributed by atoms with E-state index in [0.717, 1.165) is 18.6 Å². The predicted molar refractivity (Wildman–Crippen MR) is 73.9 cm³/mol. The van der Waals surface area contributed by atoms with E-state index in [1.54, 1.807) is 7.05 Å². The summed E-state index contributed by atoms with van der Waals surface area (Å²) in [6.45, 7) is 0.544. The van der Waals surface area contributed by atoms with Gasteiger partial charge in [0.1, 0.15) is 5.82 Å². The molecule has 1 atom stereocenters. The molecule has 1 aromatic carbocycles. The highest BCUT2D eigenvalue weighted by Gasteiger charge is 2.34. The van der Waals surface area contributed by atoms with E-state index in [2.05, 4.69) is 5.32 Å². The highest BCUT2D eigenvalue weighted by atomic mass is 32.2. The molecule has 0 bridgehead atoms. The molecule has 0 aliphatic carbocycles. The lowest BCUT2D eigenvalue weighted by molar-refractivity contribution is -0.388. The van der Waals surface area contributed by atoms with E-state index in [1.165, 1.54) is 4.31 Å². The molecule has 21 heavy (non-hydrogen) atoms. The Hall–Kier alpha value is -1.58. The number of rotatable bonds is 4. The van der Waals surface area contributed by atoms with Gasteiger partial charge < -0.3 is 5.32 Å². The van der Waals surface area contributed by atoms with Gasteiger partial charge in [-0.1, -0.05) is 0 Å². The van der Waals surface area contributed by atoms with E-state index < -0.39 is 31.3 Å². The molecule has 0 radical (unpaired) electrons. The van der Waals surface area contributed by atoms with E-state index in [4.69, 9.17) is 0 Å². The largest absolute Gasteiger partial charge is 0.316 e. The minimum atomic E-state index is -4.01. The van der Waals surface area contributed by atoms with E-state index in [0.29, 0.717) is 19.0 Å². The maximum atomic E-state index is 13.1. The van der Waals surface area contributed by atoms with Gasteiger partial charge >= 0.3 is 0 Å². The van der Waals surface area contributed by atoms with Crippen LogP contribution in [0.1, 0.15) is 12.8 Å². The zero-order valence-electron chi connectivity index (χ0n) is 11.5. The van der Waals surface area contributed by atoms with Crippen molar-refractivity contribution >= 4 is 15.7 Å². The standard InChI is InChI=1S/C12H16FN3O4S/c1-14-10-3-2-6-15(8-10)21(19,20)12-5-4-9(13)7-11(12)16(17)18/h4-5,7,10,14H,2-3,6,8H2,1H3. The third-order valence-corrected chi connectivity index (χ3v) is 5.44. The van der Waals surface area contributed by atoms with Gasteiger partial charge in [-0.2, -0.15) is 4.31 Å². The molecule has 1 saturated heterocycles. The highest BCUT2D eigenvalue weighted by molar-refractivity contribution is 7.89. The van der Waals surface area contributed by atoms with Gasteiger partial charge in [0.05, 0.1) is 11.0 Å². The first kappa shape index (κ1) is 15.8. The summed E-state index contributed by atoms with van der Waals surface area (Å²) in [7, 11) is -2.28. The Bertz CT molecular complexity index is 650. The number of hydrogen-bond acceptors (Lipinski definition) is 5. The molecule has 9 heteroatoms. The molecule has 1 N–H and O–H groups in total. The van der Waals surface area contributed by atoms with Crippen molar-refractivity contribution in [2.75, 3.05) is 20.1 Å². The summed E-state index contributed by atoms with van der Waals surface area (Å²) < 4.78 is 39.5. The first-order valence-corrected chi connectivity index (χ1v) is 7.91. The molecular weight excluding hydrogens is 301 g/mol. The Morgan fingerprint density at radius 2 is 2.19 bits per heavy atom. The Morgan fingerprint density at radius 3 is 2.81 bits per heavy atom. The number of sulfonamides is 1. The second-order valence-electron chi connectivity index (χ2n) is 4.86. The van der Waals surface area contributed by atoms with Crippen LogP contribution in [0.3, 0.4) is 0 Å². The van der Waals surface area contributed by atoms with Crippen LogP contribution in [0.4, 0.5) is 10.1 Å². The fourth-order valence-electron chi connectivity index (χ4n) is 2.39. The summed E-state index contributed by atoms with van der Waals surface area (Å²) in [6, 6.07) is 2.51. The summed E-state index contributed by atoms with van der Waals surface area (Å²) in [4.78, 5) is 9.62. The number of nitrogens with zero attached hydrogens (tertiary/aromatic N) is 2. The summed E-state index contributed by atoms with van der Waals surface area (Å²) in [5.41, 5.74) is -0.735. The Morgan fingerprint density at radius 1 is 1.48 bits per heavy atom. The van der Waals surface area contributed by atoms with Gasteiger partial charge in [0.25, 0.3) is 5.69 Å². The minimum absolute atomic E-state index is 0.00743. The van der Waals surface area contributed by atoms with Crippen molar-refractivity contribution in [2.45, 2.75) is 23.8 Å². The van der Waals surface area contributed by atoms with Crippen LogP contribution in [0, 0.1) is 15.9 Å². The molecule has 0 saturated carbocycles. The average molecular weight is 317 g/mol. The third-order valence-electron chi connectivity index (χ3n) is 3.53. The van der Waals surface area contributed by atoms with Gasteiger partial charge in [-0.3, -0.25) is 10.1 Å². The molecule has 7 nitrogen and oxygen atoms in total. The van der Waals surface area contributed by atoms with Crippen molar-refractivity contribution in [3.63, 3.8) is 0 Å². The van der Waals surface area contributed by atoms with Crippen molar-refractivity contribution in [3.05, 3.63) is 34.1 Å². The summed E-state index contributed by atoms with van der Waals surface area (Å²) >= 11 is 0. The van der Waals surface area contributed by atoms with Crippen molar-refractivity contribution in [1.82, 2.24) is 9.62 Å². The quantitative estimate of drug-likeness (QED) is 0.663. The van der Waals surface area contributed by atoms with Crippen LogP contribution in [0.25, 0.3) is 0 Å². The normalized spacial score (nSPS) is 20.4. The summed E-state index contributed by atoms with van der Waals surface area (Å²) in [6.07, 6.45) is 1.51. The van der Waals surface area contributed by atoms with Gasteiger partial charge in [-0.25, -0.2) is 12.8 Å². The van der Waals surface area contributed by atoms with Gasteiger partial charge in [0, 0.05) is 19.1 Å². The highest BCUT2D eigenvalue weighted by Crippen LogP contribution is 2.29. The minimum Gasteiger partial charge on any atom is -0.316 e. The van der Waals surface area contributed by atoms with E-state index in [-0.39, 0.29) is 12.6 Å². The fraction of sp³-hybridized carbons (Fsp3) is 0.500. The number of likely N-dealkylation sites (N-methyl/N-ethyl adjacent to an activating group) is 1. The van der Waals surface area contributed by atoms with E-state index >= 15 is 0 Å². The lowest BCUT2D eigenvalue weighted by Crippen LogP contribution is -2.46. The number of nitro benzene ring substituents is 1. The maximum absolute atomic E-state index is 13.1. The topological polar surface area (TPSA) is 92.6 Å². The molecule has 2 rings (SSSR count). The van der Waals surface area contributed by atoms with Crippen LogP contribution in [0.5, 0.6) is 0 Å². The molecule has 1 heterocycles.